The maximum absolute atomic E-state index is 12.1. The molecule has 7 nitrogen and oxygen atoms in total. The van der Waals surface area contributed by atoms with E-state index in [-0.39, 0.29) is 33.9 Å². The number of nitrogens with zero attached hydrogens (tertiary/aromatic N) is 2. The fourth-order valence-electron chi connectivity index (χ4n) is 2.31. The van der Waals surface area contributed by atoms with Gasteiger partial charge >= 0.3 is 5.97 Å². The van der Waals surface area contributed by atoms with Gasteiger partial charge in [0.2, 0.25) is 5.88 Å². The minimum absolute atomic E-state index is 0.0586. The molecule has 1 aromatic carbocycles. The van der Waals surface area contributed by atoms with Gasteiger partial charge in [0.1, 0.15) is 16.5 Å². The van der Waals surface area contributed by atoms with Crippen molar-refractivity contribution in [3.05, 3.63) is 46.6 Å². The number of pyridine rings is 1. The number of phenolic OH excluding ortho intramolecular Hbond substituents is 1. The Kier molecular flexibility index (Phi) is 4.76. The van der Waals surface area contributed by atoms with Gasteiger partial charge < -0.3 is 19.5 Å². The van der Waals surface area contributed by atoms with Crippen LogP contribution in [0.1, 0.15) is 27.1 Å². The van der Waals surface area contributed by atoms with E-state index in [0.717, 1.165) is 19.5 Å². The zero-order valence-electron chi connectivity index (χ0n) is 13.4. The summed E-state index contributed by atoms with van der Waals surface area (Å²) in [6, 6.07) is 5.43. The molecular formula is C17H15ClN2O5. The van der Waals surface area contributed by atoms with Gasteiger partial charge in [-0.2, -0.15) is 0 Å². The highest BCUT2D eigenvalue weighted by Crippen LogP contribution is 2.31. The van der Waals surface area contributed by atoms with Crippen LogP contribution in [-0.4, -0.2) is 47.1 Å². The number of carbonyl (C=O) groups excluding carboxylic acids is 2. The Balaban J connectivity index is 1.82. The Morgan fingerprint density at radius 1 is 1.20 bits per heavy atom. The normalized spacial score (nSPS) is 13.1. The first-order chi connectivity index (χ1) is 12.0. The molecule has 1 aliphatic heterocycles. The largest absolute Gasteiger partial charge is 0.508 e. The van der Waals surface area contributed by atoms with Crippen molar-refractivity contribution in [1.29, 1.82) is 0 Å². The average Bonchev–Trinajstić information content (AvgIpc) is 2.53. The first kappa shape index (κ1) is 17.0. The monoisotopic (exact) mass is 362 g/mol. The van der Waals surface area contributed by atoms with Gasteiger partial charge in [-0.05, 0) is 24.6 Å². The van der Waals surface area contributed by atoms with E-state index in [1.165, 1.54) is 37.6 Å². The van der Waals surface area contributed by atoms with Crippen LogP contribution in [0.5, 0.6) is 17.4 Å². The SMILES string of the molecule is COC(=O)c1cc(O)cc(Oc2ncc(C(=O)N3CCC3)cc2Cl)c1. The average molecular weight is 363 g/mol. The summed E-state index contributed by atoms with van der Waals surface area (Å²) in [5.41, 5.74) is 0.501. The summed E-state index contributed by atoms with van der Waals surface area (Å²) in [5.74, 6) is -0.689. The first-order valence-electron chi connectivity index (χ1n) is 7.53. The van der Waals surface area contributed by atoms with Crippen LogP contribution in [0.2, 0.25) is 5.02 Å². The van der Waals surface area contributed by atoms with Gasteiger partial charge in [-0.15, -0.1) is 0 Å². The molecule has 0 saturated carbocycles. The number of methoxy groups -OCH3 is 1. The summed E-state index contributed by atoms with van der Waals surface area (Å²) in [7, 11) is 1.24. The van der Waals surface area contributed by atoms with Crippen LogP contribution >= 0.6 is 11.6 Å². The number of aromatic hydroxyl groups is 1. The third-order valence-electron chi connectivity index (χ3n) is 3.72. The molecule has 0 aliphatic carbocycles. The number of hydrogen-bond acceptors (Lipinski definition) is 6. The summed E-state index contributed by atoms with van der Waals surface area (Å²) in [6.07, 6.45) is 2.38. The minimum atomic E-state index is -0.615. The highest BCUT2D eigenvalue weighted by Gasteiger charge is 2.23. The maximum Gasteiger partial charge on any atom is 0.338 e. The second kappa shape index (κ2) is 6.98. The van der Waals surface area contributed by atoms with Gasteiger partial charge in [0.25, 0.3) is 5.91 Å². The van der Waals surface area contributed by atoms with Crippen molar-refractivity contribution in [2.45, 2.75) is 6.42 Å². The smallest absolute Gasteiger partial charge is 0.338 e. The van der Waals surface area contributed by atoms with E-state index < -0.39 is 5.97 Å². The number of esters is 1. The molecule has 3 rings (SSSR count). The van der Waals surface area contributed by atoms with Crippen molar-refractivity contribution < 1.29 is 24.2 Å². The van der Waals surface area contributed by atoms with Crippen molar-refractivity contribution in [1.82, 2.24) is 9.88 Å². The van der Waals surface area contributed by atoms with Crippen molar-refractivity contribution in [2.75, 3.05) is 20.2 Å². The van der Waals surface area contributed by atoms with E-state index in [2.05, 4.69) is 9.72 Å². The van der Waals surface area contributed by atoms with E-state index in [9.17, 15) is 14.7 Å². The lowest BCUT2D eigenvalue weighted by Crippen LogP contribution is -2.42. The zero-order chi connectivity index (χ0) is 18.0. The number of halogens is 1. The lowest BCUT2D eigenvalue weighted by atomic mass is 10.1. The molecule has 0 bridgehead atoms. The van der Waals surface area contributed by atoms with E-state index in [4.69, 9.17) is 16.3 Å². The van der Waals surface area contributed by atoms with Crippen LogP contribution in [0.4, 0.5) is 0 Å². The molecule has 0 spiro atoms. The lowest BCUT2D eigenvalue weighted by molar-refractivity contribution is 0.0598. The number of benzene rings is 1. The van der Waals surface area contributed by atoms with Crippen LogP contribution < -0.4 is 4.74 Å². The van der Waals surface area contributed by atoms with E-state index in [1.54, 1.807) is 4.90 Å². The van der Waals surface area contributed by atoms with Gasteiger partial charge in [0, 0.05) is 25.4 Å². The molecule has 2 aromatic rings. The van der Waals surface area contributed by atoms with E-state index >= 15 is 0 Å². The van der Waals surface area contributed by atoms with E-state index in [0.29, 0.717) is 5.56 Å². The fourth-order valence-corrected chi connectivity index (χ4v) is 2.51. The quantitative estimate of drug-likeness (QED) is 0.841. The first-order valence-corrected chi connectivity index (χ1v) is 7.91. The summed E-state index contributed by atoms with van der Waals surface area (Å²) in [4.78, 5) is 29.5. The number of phenols is 1. The molecule has 130 valence electrons. The van der Waals surface area contributed by atoms with Crippen molar-refractivity contribution in [3.8, 4) is 17.4 Å². The summed E-state index contributed by atoms with van der Waals surface area (Å²) < 4.78 is 10.1. The molecular weight excluding hydrogens is 348 g/mol. The van der Waals surface area contributed by atoms with E-state index in [1.807, 2.05) is 0 Å². The molecule has 25 heavy (non-hydrogen) atoms. The summed E-state index contributed by atoms with van der Waals surface area (Å²) in [6.45, 7) is 1.46. The second-order valence-electron chi connectivity index (χ2n) is 5.47. The molecule has 1 fully saturated rings. The molecule has 0 atom stereocenters. The van der Waals surface area contributed by atoms with Crippen LogP contribution in [0, 0.1) is 0 Å². The van der Waals surface area contributed by atoms with Crippen molar-refractivity contribution >= 4 is 23.5 Å². The second-order valence-corrected chi connectivity index (χ2v) is 5.87. The molecule has 8 heteroatoms. The molecule has 0 radical (unpaired) electrons. The van der Waals surface area contributed by atoms with Gasteiger partial charge in [0.15, 0.2) is 0 Å². The van der Waals surface area contributed by atoms with Crippen molar-refractivity contribution in [2.24, 2.45) is 0 Å². The molecule has 0 unspecified atom stereocenters. The van der Waals surface area contributed by atoms with Crippen LogP contribution in [-0.2, 0) is 4.74 Å². The predicted molar refractivity (Wildman–Crippen MR) is 89.3 cm³/mol. The number of rotatable bonds is 4. The summed E-state index contributed by atoms with van der Waals surface area (Å²) >= 11 is 6.15. The Morgan fingerprint density at radius 2 is 1.96 bits per heavy atom. The predicted octanol–water partition coefficient (Wildman–Crippen LogP) is 2.87. The number of carbonyl (C=O) groups is 2. The third-order valence-corrected chi connectivity index (χ3v) is 4.00. The standard InChI is InChI=1S/C17H15ClN2O5/c1-24-17(23)10-5-12(21)8-13(6-10)25-15-14(18)7-11(9-19-15)16(22)20-3-2-4-20/h5-9,21H,2-4H2,1H3. The van der Waals surface area contributed by atoms with Crippen LogP contribution in [0.15, 0.2) is 30.5 Å². The van der Waals surface area contributed by atoms with Crippen LogP contribution in [0.3, 0.4) is 0 Å². The number of likely N-dealkylation sites (tertiary alicyclic amines) is 1. The highest BCUT2D eigenvalue weighted by atomic mass is 35.5. The number of hydrogen-bond donors (Lipinski definition) is 1. The van der Waals surface area contributed by atoms with Gasteiger partial charge in [-0.1, -0.05) is 11.6 Å². The fraction of sp³-hybridized carbons (Fsp3) is 0.235. The van der Waals surface area contributed by atoms with Crippen molar-refractivity contribution in [3.63, 3.8) is 0 Å². The summed E-state index contributed by atoms with van der Waals surface area (Å²) in [5, 5.41) is 9.85. The van der Waals surface area contributed by atoms with Gasteiger partial charge in [0.05, 0.1) is 18.2 Å². The molecule has 2 heterocycles. The Bertz CT molecular complexity index is 836. The maximum atomic E-state index is 12.1. The number of aromatic nitrogens is 1. The molecule has 1 aromatic heterocycles. The Hall–Kier alpha value is -2.80. The van der Waals surface area contributed by atoms with Gasteiger partial charge in [-0.25, -0.2) is 9.78 Å². The third kappa shape index (κ3) is 3.66. The number of ether oxygens (including phenoxy) is 2. The van der Waals surface area contributed by atoms with Gasteiger partial charge in [-0.3, -0.25) is 4.79 Å². The Morgan fingerprint density at radius 3 is 2.56 bits per heavy atom. The highest BCUT2D eigenvalue weighted by molar-refractivity contribution is 6.32. The molecule has 1 N–H and O–H groups in total. The molecule has 1 amide bonds. The topological polar surface area (TPSA) is 89.0 Å². The molecule has 1 saturated heterocycles. The Labute approximate surface area is 148 Å². The lowest BCUT2D eigenvalue weighted by Gasteiger charge is -2.30. The minimum Gasteiger partial charge on any atom is -0.508 e. The zero-order valence-corrected chi connectivity index (χ0v) is 14.1. The number of amides is 1. The molecule has 1 aliphatic rings. The van der Waals surface area contributed by atoms with Crippen LogP contribution in [0.25, 0.3) is 0 Å².